The number of hydrogen-bond donors (Lipinski definition) is 0. The molecule has 27 heavy (non-hydrogen) atoms. The van der Waals surface area contributed by atoms with Crippen molar-refractivity contribution in [1.29, 1.82) is 0 Å². The van der Waals surface area contributed by atoms with Gasteiger partial charge in [0.05, 0.1) is 11.2 Å². The monoisotopic (exact) mass is 353 g/mol. The predicted molar refractivity (Wildman–Crippen MR) is 114 cm³/mol. The van der Waals surface area contributed by atoms with Gasteiger partial charge in [0.1, 0.15) is 0 Å². The molecule has 0 bridgehead atoms. The minimum atomic E-state index is 1.01. The Kier molecular flexibility index (Phi) is 4.36. The van der Waals surface area contributed by atoms with Gasteiger partial charge in [0, 0.05) is 40.4 Å². The maximum atomic E-state index is 4.75. The number of aliphatic imine (C=N–C) groups is 1. The highest BCUT2D eigenvalue weighted by atomic mass is 15.0. The van der Waals surface area contributed by atoms with E-state index in [2.05, 4.69) is 85.8 Å². The van der Waals surface area contributed by atoms with E-state index in [9.17, 15) is 0 Å². The highest BCUT2D eigenvalue weighted by Gasteiger charge is 2.10. The number of pyridine rings is 1. The van der Waals surface area contributed by atoms with E-state index >= 15 is 0 Å². The molecule has 0 N–H and O–H groups in total. The Labute approximate surface area is 160 Å². The van der Waals surface area contributed by atoms with Gasteiger partial charge < -0.3 is 4.57 Å². The summed E-state index contributed by atoms with van der Waals surface area (Å²) in [5.41, 5.74) is 9.12. The third-order valence-corrected chi connectivity index (χ3v) is 5.02. The van der Waals surface area contributed by atoms with Crippen LogP contribution in [-0.2, 0) is 0 Å². The van der Waals surface area contributed by atoms with Crippen molar-refractivity contribution in [2.45, 2.75) is 27.7 Å². The number of nitrogens with zero attached hydrogens (tertiary/aromatic N) is 3. The number of hydrogen-bond acceptors (Lipinski definition) is 2. The Bertz CT molecular complexity index is 1170. The van der Waals surface area contributed by atoms with Crippen molar-refractivity contribution in [2.75, 3.05) is 0 Å². The maximum absolute atomic E-state index is 4.75. The zero-order valence-corrected chi connectivity index (χ0v) is 16.2. The summed E-state index contributed by atoms with van der Waals surface area (Å²) in [6.07, 6.45) is 3.80. The number of fused-ring (bicyclic) bond motifs is 1. The van der Waals surface area contributed by atoms with Crippen LogP contribution in [0.4, 0.5) is 5.69 Å². The first-order valence-corrected chi connectivity index (χ1v) is 9.18. The van der Waals surface area contributed by atoms with Crippen LogP contribution in [0.5, 0.6) is 0 Å². The summed E-state index contributed by atoms with van der Waals surface area (Å²) in [6.45, 7) is 8.47. The van der Waals surface area contributed by atoms with E-state index in [-0.39, 0.29) is 0 Å². The molecule has 0 aliphatic rings. The Balaban J connectivity index is 1.75. The van der Waals surface area contributed by atoms with E-state index in [4.69, 9.17) is 4.99 Å². The Hall–Kier alpha value is -3.20. The lowest BCUT2D eigenvalue weighted by Gasteiger charge is -2.10. The topological polar surface area (TPSA) is 30.2 Å². The van der Waals surface area contributed by atoms with Crippen LogP contribution in [0.3, 0.4) is 0 Å². The van der Waals surface area contributed by atoms with Crippen LogP contribution >= 0.6 is 0 Å². The molecular weight excluding hydrogens is 330 g/mol. The molecule has 0 unspecified atom stereocenters. The van der Waals surface area contributed by atoms with Gasteiger partial charge in [-0.2, -0.15) is 0 Å². The molecule has 0 spiro atoms. The third kappa shape index (κ3) is 3.28. The smallest absolute Gasteiger partial charge is 0.0703 e. The molecule has 2 heterocycles. The SMILES string of the molecule is Cc1ccc(C)c(N=Cc2cc(C)n(-c3ccc4ncccc4c3)c2C)c1. The maximum Gasteiger partial charge on any atom is 0.0703 e. The van der Waals surface area contributed by atoms with Gasteiger partial charge in [-0.3, -0.25) is 9.98 Å². The molecule has 0 atom stereocenters. The zero-order valence-electron chi connectivity index (χ0n) is 16.2. The molecule has 0 aliphatic heterocycles. The average molecular weight is 353 g/mol. The highest BCUT2D eigenvalue weighted by molar-refractivity contribution is 5.85. The van der Waals surface area contributed by atoms with Crippen molar-refractivity contribution in [2.24, 2.45) is 4.99 Å². The summed E-state index contributed by atoms with van der Waals surface area (Å²) in [5, 5.41) is 1.15. The first-order valence-electron chi connectivity index (χ1n) is 9.18. The second-order valence-electron chi connectivity index (χ2n) is 7.09. The first kappa shape index (κ1) is 17.2. The standard InChI is InChI=1S/C24H23N3/c1-16-7-8-17(2)24(12-16)26-15-21-13-18(3)27(19(21)4)22-9-10-23-20(14-22)6-5-11-25-23/h5-15H,1-4H3. The Morgan fingerprint density at radius 1 is 0.926 bits per heavy atom. The van der Waals surface area contributed by atoms with Crippen molar-refractivity contribution < 1.29 is 0 Å². The number of aryl methyl sites for hydroxylation is 3. The highest BCUT2D eigenvalue weighted by Crippen LogP contribution is 2.24. The van der Waals surface area contributed by atoms with Gasteiger partial charge in [-0.05, 0) is 75.2 Å². The number of benzene rings is 2. The van der Waals surface area contributed by atoms with Gasteiger partial charge in [0.25, 0.3) is 0 Å². The fourth-order valence-corrected chi connectivity index (χ4v) is 3.52. The van der Waals surface area contributed by atoms with Crippen molar-refractivity contribution in [1.82, 2.24) is 9.55 Å². The van der Waals surface area contributed by atoms with Crippen LogP contribution in [-0.4, -0.2) is 15.8 Å². The molecule has 3 heteroatoms. The summed E-state index contributed by atoms with van der Waals surface area (Å²) in [4.78, 5) is 9.16. The summed E-state index contributed by atoms with van der Waals surface area (Å²) >= 11 is 0. The van der Waals surface area contributed by atoms with Crippen molar-refractivity contribution in [3.05, 3.63) is 88.9 Å². The van der Waals surface area contributed by atoms with Gasteiger partial charge in [-0.15, -0.1) is 0 Å². The molecule has 0 amide bonds. The molecule has 2 aromatic heterocycles. The van der Waals surface area contributed by atoms with Crippen LogP contribution in [0.15, 0.2) is 65.8 Å². The molecule has 0 radical (unpaired) electrons. The van der Waals surface area contributed by atoms with Crippen molar-refractivity contribution in [3.63, 3.8) is 0 Å². The van der Waals surface area contributed by atoms with E-state index in [1.54, 1.807) is 0 Å². The third-order valence-electron chi connectivity index (χ3n) is 5.02. The van der Waals surface area contributed by atoms with E-state index in [1.807, 2.05) is 18.5 Å². The second-order valence-corrected chi connectivity index (χ2v) is 7.09. The van der Waals surface area contributed by atoms with Crippen LogP contribution < -0.4 is 0 Å². The van der Waals surface area contributed by atoms with Gasteiger partial charge in [0.15, 0.2) is 0 Å². The lowest BCUT2D eigenvalue weighted by Crippen LogP contribution is -1.99. The molecular formula is C24H23N3. The summed E-state index contributed by atoms with van der Waals surface area (Å²) < 4.78 is 2.27. The lowest BCUT2D eigenvalue weighted by atomic mass is 10.1. The summed E-state index contributed by atoms with van der Waals surface area (Å²) in [5.74, 6) is 0. The molecule has 0 saturated carbocycles. The molecule has 2 aromatic carbocycles. The van der Waals surface area contributed by atoms with Gasteiger partial charge in [-0.1, -0.05) is 18.2 Å². The molecule has 3 nitrogen and oxygen atoms in total. The Morgan fingerprint density at radius 3 is 2.63 bits per heavy atom. The van der Waals surface area contributed by atoms with E-state index in [0.717, 1.165) is 27.8 Å². The minimum Gasteiger partial charge on any atom is -0.318 e. The van der Waals surface area contributed by atoms with E-state index in [0.29, 0.717) is 0 Å². The normalized spacial score (nSPS) is 11.6. The predicted octanol–water partition coefficient (Wildman–Crippen LogP) is 6.01. The molecule has 0 aliphatic carbocycles. The Morgan fingerprint density at radius 2 is 1.78 bits per heavy atom. The van der Waals surface area contributed by atoms with Crippen LogP contribution in [0.1, 0.15) is 28.1 Å². The molecule has 0 fully saturated rings. The molecule has 4 rings (SSSR count). The van der Waals surface area contributed by atoms with Crippen molar-refractivity contribution >= 4 is 22.8 Å². The quantitative estimate of drug-likeness (QED) is 0.415. The second kappa shape index (κ2) is 6.84. The molecule has 4 aromatic rings. The fourth-order valence-electron chi connectivity index (χ4n) is 3.52. The molecule has 0 saturated heterocycles. The molecule has 134 valence electrons. The lowest BCUT2D eigenvalue weighted by molar-refractivity contribution is 0.967. The number of aromatic nitrogens is 2. The van der Waals surface area contributed by atoms with Gasteiger partial charge in [-0.25, -0.2) is 0 Å². The van der Waals surface area contributed by atoms with Gasteiger partial charge >= 0.3 is 0 Å². The van der Waals surface area contributed by atoms with Crippen LogP contribution in [0, 0.1) is 27.7 Å². The van der Waals surface area contributed by atoms with Crippen molar-refractivity contribution in [3.8, 4) is 5.69 Å². The van der Waals surface area contributed by atoms with E-state index in [1.165, 1.54) is 22.5 Å². The number of rotatable bonds is 3. The summed E-state index contributed by atoms with van der Waals surface area (Å²) in [7, 11) is 0. The fraction of sp³-hybridized carbons (Fsp3) is 0.167. The van der Waals surface area contributed by atoms with Crippen LogP contribution in [0.2, 0.25) is 0 Å². The van der Waals surface area contributed by atoms with Crippen LogP contribution in [0.25, 0.3) is 16.6 Å². The van der Waals surface area contributed by atoms with Gasteiger partial charge in [0.2, 0.25) is 0 Å². The summed E-state index contributed by atoms with van der Waals surface area (Å²) in [6, 6.07) is 19.0. The zero-order chi connectivity index (χ0) is 19.0. The average Bonchev–Trinajstić information content (AvgIpc) is 2.95. The largest absolute Gasteiger partial charge is 0.318 e. The minimum absolute atomic E-state index is 1.01. The van der Waals surface area contributed by atoms with E-state index < -0.39 is 0 Å². The first-order chi connectivity index (χ1) is 13.0.